The zero-order valence-electron chi connectivity index (χ0n) is 11.0. The highest BCUT2D eigenvalue weighted by Gasteiger charge is 2.13. The number of nitrogens with one attached hydrogen (secondary N) is 1. The topological polar surface area (TPSA) is 47.3 Å². The van der Waals surface area contributed by atoms with E-state index in [1.807, 2.05) is 0 Å². The molecule has 3 N–H and O–H groups in total. The Hall–Kier alpha value is -2.44. The summed E-state index contributed by atoms with van der Waals surface area (Å²) in [6.45, 7) is 1.89. The van der Waals surface area contributed by atoms with Crippen molar-refractivity contribution >= 4 is 17.1 Å². The van der Waals surface area contributed by atoms with E-state index in [1.54, 1.807) is 6.92 Å². The van der Waals surface area contributed by atoms with Crippen molar-refractivity contribution in [3.05, 3.63) is 47.5 Å². The van der Waals surface area contributed by atoms with Gasteiger partial charge in [0.15, 0.2) is 23.2 Å². The first-order valence-electron chi connectivity index (χ1n) is 6.05. The quantitative estimate of drug-likeness (QED) is 0.510. The van der Waals surface area contributed by atoms with Crippen LogP contribution >= 0.6 is 0 Å². The Kier molecular flexibility index (Phi) is 4.21. The zero-order valence-corrected chi connectivity index (χ0v) is 11.0. The molecule has 21 heavy (non-hydrogen) atoms. The Morgan fingerprint density at radius 3 is 2.24 bits per heavy atom. The lowest BCUT2D eigenvalue weighted by atomic mass is 10.2. The second kappa shape index (κ2) is 5.90. The molecule has 0 aliphatic heterocycles. The molecule has 0 aliphatic carbocycles. The molecular formula is C14H12F4N2O. The molecular weight excluding hydrogens is 288 g/mol. The average molecular weight is 300 g/mol. The van der Waals surface area contributed by atoms with Crippen molar-refractivity contribution in [2.75, 3.05) is 17.7 Å². The molecule has 0 unspecified atom stereocenters. The van der Waals surface area contributed by atoms with Crippen molar-refractivity contribution in [3.63, 3.8) is 0 Å². The van der Waals surface area contributed by atoms with E-state index >= 15 is 0 Å². The minimum absolute atomic E-state index is 0.0277. The van der Waals surface area contributed by atoms with Crippen molar-refractivity contribution in [2.45, 2.75) is 6.92 Å². The van der Waals surface area contributed by atoms with Crippen LogP contribution in [0.5, 0.6) is 5.75 Å². The van der Waals surface area contributed by atoms with E-state index in [1.165, 1.54) is 6.07 Å². The van der Waals surface area contributed by atoms with Gasteiger partial charge in [-0.25, -0.2) is 17.6 Å². The predicted molar refractivity (Wildman–Crippen MR) is 71.6 cm³/mol. The van der Waals surface area contributed by atoms with E-state index in [9.17, 15) is 17.6 Å². The molecule has 0 radical (unpaired) electrons. The molecule has 0 saturated carbocycles. The van der Waals surface area contributed by atoms with E-state index in [-0.39, 0.29) is 29.4 Å². The van der Waals surface area contributed by atoms with Gasteiger partial charge in [0.2, 0.25) is 0 Å². The lowest BCUT2D eigenvalue weighted by Crippen LogP contribution is -2.03. The Bertz CT molecular complexity index is 677. The van der Waals surface area contributed by atoms with Gasteiger partial charge in [0, 0.05) is 24.3 Å². The number of nitrogen functional groups attached to an aromatic ring is 1. The van der Waals surface area contributed by atoms with E-state index in [0.717, 1.165) is 6.07 Å². The Labute approximate surface area is 118 Å². The molecule has 2 rings (SSSR count). The van der Waals surface area contributed by atoms with Gasteiger partial charge in [-0.05, 0) is 6.92 Å². The number of rotatable bonds is 4. The van der Waals surface area contributed by atoms with Crippen molar-refractivity contribution in [1.29, 1.82) is 0 Å². The summed E-state index contributed by atoms with van der Waals surface area (Å²) in [6, 6.07) is 3.26. The largest absolute Gasteiger partial charge is 0.491 e. The molecule has 0 atom stereocenters. The summed E-state index contributed by atoms with van der Waals surface area (Å²) >= 11 is 0. The molecule has 7 heteroatoms. The summed E-state index contributed by atoms with van der Waals surface area (Å²) in [5, 5.41) is 2.48. The second-order valence-electron chi connectivity index (χ2n) is 4.17. The maximum Gasteiger partial charge on any atom is 0.167 e. The third-order valence-electron chi connectivity index (χ3n) is 2.68. The monoisotopic (exact) mass is 300 g/mol. The summed E-state index contributed by atoms with van der Waals surface area (Å²) in [4.78, 5) is 0. The van der Waals surface area contributed by atoms with Crippen LogP contribution in [0.4, 0.5) is 34.6 Å². The van der Waals surface area contributed by atoms with E-state index in [2.05, 4.69) is 5.32 Å². The highest BCUT2D eigenvalue weighted by molar-refractivity contribution is 5.74. The van der Waals surface area contributed by atoms with Crippen molar-refractivity contribution < 1.29 is 22.3 Å². The average Bonchev–Trinajstić information content (AvgIpc) is 2.41. The highest BCUT2D eigenvalue weighted by Crippen LogP contribution is 2.31. The van der Waals surface area contributed by atoms with Gasteiger partial charge in [0.25, 0.3) is 0 Å². The molecule has 2 aromatic rings. The third kappa shape index (κ3) is 3.18. The minimum Gasteiger partial charge on any atom is -0.491 e. The first kappa shape index (κ1) is 15.0. The predicted octanol–water partition coefficient (Wildman–Crippen LogP) is 3.97. The number of halogens is 4. The van der Waals surface area contributed by atoms with Crippen LogP contribution in [0.15, 0.2) is 24.3 Å². The second-order valence-corrected chi connectivity index (χ2v) is 4.17. The molecule has 0 bridgehead atoms. The first-order chi connectivity index (χ1) is 9.92. The fourth-order valence-corrected chi connectivity index (χ4v) is 1.71. The molecule has 0 aromatic heterocycles. The normalized spacial score (nSPS) is 10.5. The molecule has 0 aliphatic rings. The van der Waals surface area contributed by atoms with Crippen LogP contribution in [-0.2, 0) is 0 Å². The minimum atomic E-state index is -1.31. The summed E-state index contributed by atoms with van der Waals surface area (Å²) < 4.78 is 58.1. The van der Waals surface area contributed by atoms with Crippen LogP contribution in [0.1, 0.15) is 6.92 Å². The van der Waals surface area contributed by atoms with Gasteiger partial charge in [-0.3, -0.25) is 0 Å². The van der Waals surface area contributed by atoms with E-state index in [4.69, 9.17) is 10.5 Å². The van der Waals surface area contributed by atoms with Crippen molar-refractivity contribution in [2.24, 2.45) is 0 Å². The number of nitrogens with two attached hydrogens (primary N) is 1. The number of hydrogen-bond donors (Lipinski definition) is 2. The van der Waals surface area contributed by atoms with Crippen LogP contribution in [0.2, 0.25) is 0 Å². The molecule has 0 spiro atoms. The van der Waals surface area contributed by atoms with Crippen molar-refractivity contribution in [1.82, 2.24) is 0 Å². The summed E-state index contributed by atoms with van der Waals surface area (Å²) in [6.07, 6.45) is 0. The van der Waals surface area contributed by atoms with Crippen LogP contribution in [0.3, 0.4) is 0 Å². The Balaban J connectivity index is 2.39. The summed E-state index contributed by atoms with van der Waals surface area (Å²) in [7, 11) is 0. The third-order valence-corrected chi connectivity index (χ3v) is 2.68. The van der Waals surface area contributed by atoms with E-state index < -0.39 is 23.3 Å². The lowest BCUT2D eigenvalue weighted by Gasteiger charge is -2.13. The summed E-state index contributed by atoms with van der Waals surface area (Å²) in [5.41, 5.74) is 5.37. The fraction of sp³-hybridized carbons (Fsp3) is 0.143. The van der Waals surface area contributed by atoms with Crippen LogP contribution in [0, 0.1) is 23.3 Å². The maximum absolute atomic E-state index is 13.6. The van der Waals surface area contributed by atoms with Crippen LogP contribution in [-0.4, -0.2) is 6.61 Å². The molecule has 0 heterocycles. The van der Waals surface area contributed by atoms with Crippen molar-refractivity contribution in [3.8, 4) is 5.75 Å². The van der Waals surface area contributed by atoms with Crippen LogP contribution in [0.25, 0.3) is 0 Å². The number of benzene rings is 2. The highest BCUT2D eigenvalue weighted by atomic mass is 19.2. The van der Waals surface area contributed by atoms with E-state index in [0.29, 0.717) is 12.1 Å². The molecule has 112 valence electrons. The van der Waals surface area contributed by atoms with Gasteiger partial charge in [-0.1, -0.05) is 0 Å². The number of ether oxygens (including phenoxy) is 1. The zero-order chi connectivity index (χ0) is 15.6. The van der Waals surface area contributed by atoms with Gasteiger partial charge in [0.05, 0.1) is 23.7 Å². The van der Waals surface area contributed by atoms with Crippen LogP contribution < -0.4 is 15.8 Å². The molecule has 0 saturated heterocycles. The van der Waals surface area contributed by atoms with Gasteiger partial charge in [-0.15, -0.1) is 0 Å². The van der Waals surface area contributed by atoms with Gasteiger partial charge >= 0.3 is 0 Å². The molecule has 0 fully saturated rings. The Morgan fingerprint density at radius 2 is 1.57 bits per heavy atom. The molecule has 2 aromatic carbocycles. The Morgan fingerprint density at radius 1 is 0.905 bits per heavy atom. The lowest BCUT2D eigenvalue weighted by molar-refractivity contribution is 0.322. The fourth-order valence-electron chi connectivity index (χ4n) is 1.71. The van der Waals surface area contributed by atoms with Gasteiger partial charge < -0.3 is 15.8 Å². The first-order valence-corrected chi connectivity index (χ1v) is 6.05. The number of anilines is 3. The smallest absolute Gasteiger partial charge is 0.167 e. The number of hydrogen-bond acceptors (Lipinski definition) is 3. The van der Waals surface area contributed by atoms with Gasteiger partial charge in [0.1, 0.15) is 5.82 Å². The maximum atomic E-state index is 13.6. The summed E-state index contributed by atoms with van der Waals surface area (Å²) in [5.74, 6) is -4.29. The SMILES string of the molecule is CCOc1cc(Nc2cc(F)c(F)cc2F)c(N)cc1F. The standard InChI is InChI=1S/C14H12F4N2O/c1-2-21-14-6-13(11(19)4-10(14)18)20-12-5-8(16)7(15)3-9(12)17/h3-6,20H,2,19H2,1H3. The van der Waals surface area contributed by atoms with Gasteiger partial charge in [-0.2, -0.15) is 0 Å². The molecule has 3 nitrogen and oxygen atoms in total. The molecule has 0 amide bonds.